The number of hydrogen-bond acceptors (Lipinski definition) is 6. The van der Waals surface area contributed by atoms with Crippen molar-refractivity contribution in [1.82, 2.24) is 19.9 Å². The summed E-state index contributed by atoms with van der Waals surface area (Å²) in [5.41, 5.74) is 9.82. The topological polar surface area (TPSA) is 89.6 Å². The molecule has 0 bridgehead atoms. The number of nitrogens with one attached hydrogen (secondary N) is 1. The van der Waals surface area contributed by atoms with E-state index in [1.54, 1.807) is 30.6 Å². The van der Waals surface area contributed by atoms with Gasteiger partial charge in [0.05, 0.1) is 23.1 Å². The first-order valence-electron chi connectivity index (χ1n) is 8.72. The second kappa shape index (κ2) is 7.11. The number of halogens is 1. The predicted octanol–water partition coefficient (Wildman–Crippen LogP) is 3.60. The molecule has 0 aromatic carbocycles. The van der Waals surface area contributed by atoms with Crippen LogP contribution in [-0.4, -0.2) is 26.1 Å². The zero-order chi connectivity index (χ0) is 18.8. The summed E-state index contributed by atoms with van der Waals surface area (Å²) in [5.74, 6) is 0.813. The van der Waals surface area contributed by atoms with Gasteiger partial charge >= 0.3 is 0 Å². The third-order valence-electron chi connectivity index (χ3n) is 4.43. The summed E-state index contributed by atoms with van der Waals surface area (Å²) in [7, 11) is 0. The van der Waals surface area contributed by atoms with Gasteiger partial charge in [0.2, 0.25) is 5.95 Å². The van der Waals surface area contributed by atoms with Gasteiger partial charge in [0.1, 0.15) is 12.0 Å². The van der Waals surface area contributed by atoms with Crippen molar-refractivity contribution in [3.63, 3.8) is 0 Å². The van der Waals surface area contributed by atoms with Crippen LogP contribution in [0.15, 0.2) is 48.8 Å². The van der Waals surface area contributed by atoms with E-state index in [9.17, 15) is 4.39 Å². The van der Waals surface area contributed by atoms with Crippen LogP contribution in [0.25, 0.3) is 17.3 Å². The highest BCUT2D eigenvalue weighted by Gasteiger charge is 2.21. The number of hydrogen-bond donors (Lipinski definition) is 2. The summed E-state index contributed by atoms with van der Waals surface area (Å²) in [6.07, 6.45) is 5.96. The van der Waals surface area contributed by atoms with E-state index < -0.39 is 6.17 Å². The molecule has 136 valence electrons. The van der Waals surface area contributed by atoms with Crippen molar-refractivity contribution in [2.24, 2.45) is 0 Å². The lowest BCUT2D eigenvalue weighted by atomic mass is 9.95. The second-order valence-corrected chi connectivity index (χ2v) is 6.43. The zero-order valence-electron chi connectivity index (χ0n) is 14.8. The van der Waals surface area contributed by atoms with Crippen molar-refractivity contribution in [2.45, 2.75) is 25.6 Å². The van der Waals surface area contributed by atoms with Gasteiger partial charge in [0, 0.05) is 24.4 Å². The molecule has 1 aliphatic rings. The van der Waals surface area contributed by atoms with Crippen LogP contribution in [0.5, 0.6) is 0 Å². The number of rotatable bonds is 4. The van der Waals surface area contributed by atoms with E-state index >= 15 is 0 Å². The molecule has 4 rings (SSSR count). The fraction of sp³-hybridized carbons (Fsp3) is 0.200. The molecule has 0 saturated carbocycles. The maximum absolute atomic E-state index is 13.8. The first kappa shape index (κ1) is 17.1. The zero-order valence-corrected chi connectivity index (χ0v) is 14.8. The summed E-state index contributed by atoms with van der Waals surface area (Å²) < 4.78 is 13.8. The Morgan fingerprint density at radius 3 is 2.85 bits per heavy atom. The van der Waals surface area contributed by atoms with Gasteiger partial charge in [-0.15, -0.1) is 0 Å². The molecule has 3 N–H and O–H groups in total. The Balaban J connectivity index is 1.77. The van der Waals surface area contributed by atoms with E-state index in [2.05, 4.69) is 20.3 Å². The number of allylic oxidation sites excluding steroid dienone is 1. The van der Waals surface area contributed by atoms with E-state index in [1.807, 2.05) is 31.2 Å². The van der Waals surface area contributed by atoms with Crippen LogP contribution in [0.2, 0.25) is 0 Å². The lowest BCUT2D eigenvalue weighted by Crippen LogP contribution is -2.16. The lowest BCUT2D eigenvalue weighted by molar-refractivity contribution is 0.396. The molecule has 2 atom stereocenters. The fourth-order valence-electron chi connectivity index (χ4n) is 3.17. The van der Waals surface area contributed by atoms with E-state index in [4.69, 9.17) is 10.7 Å². The molecule has 3 heterocycles. The largest absolute Gasteiger partial charge is 0.368 e. The van der Waals surface area contributed by atoms with Crippen molar-refractivity contribution < 1.29 is 4.39 Å². The maximum Gasteiger partial charge on any atom is 0.221 e. The van der Waals surface area contributed by atoms with Gasteiger partial charge in [-0.25, -0.2) is 9.37 Å². The molecule has 0 saturated heterocycles. The lowest BCUT2D eigenvalue weighted by Gasteiger charge is -2.21. The molecule has 27 heavy (non-hydrogen) atoms. The molecule has 0 fully saturated rings. The van der Waals surface area contributed by atoms with E-state index in [0.29, 0.717) is 12.2 Å². The van der Waals surface area contributed by atoms with Crippen molar-refractivity contribution in [3.8, 4) is 11.3 Å². The van der Waals surface area contributed by atoms with Gasteiger partial charge in [0.15, 0.2) is 0 Å². The van der Waals surface area contributed by atoms with Gasteiger partial charge in [0.25, 0.3) is 0 Å². The molecule has 6 nitrogen and oxygen atoms in total. The predicted molar refractivity (Wildman–Crippen MR) is 104 cm³/mol. The average Bonchev–Trinajstić information content (AvgIpc) is 2.67. The number of alkyl halides is 1. The first-order valence-corrected chi connectivity index (χ1v) is 8.72. The number of nitrogen functional groups attached to an aromatic ring is 1. The Morgan fingerprint density at radius 2 is 2.07 bits per heavy atom. The summed E-state index contributed by atoms with van der Waals surface area (Å²) in [6, 6.07) is 9.28. The van der Waals surface area contributed by atoms with Gasteiger partial charge in [-0.1, -0.05) is 6.07 Å². The molecule has 1 aliphatic carbocycles. The molecular formula is C20H19FN6. The number of pyridine rings is 2. The minimum atomic E-state index is -0.985. The van der Waals surface area contributed by atoms with Crippen LogP contribution in [-0.2, 0) is 6.42 Å². The van der Waals surface area contributed by atoms with Gasteiger partial charge < -0.3 is 11.1 Å². The SMILES string of the molecule is CC(Nc1ccnc(N)n1)c1nc2c(cc1-c1ccccn1)CC(F)C=C2. The molecule has 3 aromatic rings. The first-order chi connectivity index (χ1) is 13.1. The van der Waals surface area contributed by atoms with E-state index in [0.717, 1.165) is 28.2 Å². The number of anilines is 2. The summed E-state index contributed by atoms with van der Waals surface area (Å²) in [5, 5.41) is 3.31. The summed E-state index contributed by atoms with van der Waals surface area (Å²) in [4.78, 5) is 17.4. The van der Waals surface area contributed by atoms with Gasteiger partial charge in [-0.3, -0.25) is 9.97 Å². The van der Waals surface area contributed by atoms with Crippen molar-refractivity contribution in [2.75, 3.05) is 11.1 Å². The third kappa shape index (κ3) is 3.62. The normalized spacial score (nSPS) is 16.6. The highest BCUT2D eigenvalue weighted by atomic mass is 19.1. The molecule has 0 aliphatic heterocycles. The second-order valence-electron chi connectivity index (χ2n) is 6.43. The Bertz CT molecular complexity index is 989. The number of aromatic nitrogens is 4. The molecule has 2 unspecified atom stereocenters. The molecule has 0 radical (unpaired) electrons. The maximum atomic E-state index is 13.8. The van der Waals surface area contributed by atoms with Crippen LogP contribution >= 0.6 is 0 Å². The van der Waals surface area contributed by atoms with Crippen LogP contribution in [0.1, 0.15) is 29.9 Å². The minimum absolute atomic E-state index is 0.168. The van der Waals surface area contributed by atoms with Crippen molar-refractivity contribution in [1.29, 1.82) is 0 Å². The van der Waals surface area contributed by atoms with Crippen LogP contribution in [0.3, 0.4) is 0 Å². The highest BCUT2D eigenvalue weighted by molar-refractivity contribution is 5.68. The van der Waals surface area contributed by atoms with E-state index in [-0.39, 0.29) is 12.0 Å². The number of nitrogens with zero attached hydrogens (tertiary/aromatic N) is 4. The smallest absolute Gasteiger partial charge is 0.221 e. The van der Waals surface area contributed by atoms with Crippen LogP contribution in [0.4, 0.5) is 16.2 Å². The molecule has 0 spiro atoms. The van der Waals surface area contributed by atoms with Crippen LogP contribution in [0, 0.1) is 0 Å². The Labute approximate surface area is 156 Å². The average molecular weight is 362 g/mol. The minimum Gasteiger partial charge on any atom is -0.368 e. The summed E-state index contributed by atoms with van der Waals surface area (Å²) in [6.45, 7) is 1.99. The number of nitrogens with two attached hydrogens (primary N) is 1. The summed E-state index contributed by atoms with van der Waals surface area (Å²) >= 11 is 0. The number of fused-ring (bicyclic) bond motifs is 1. The Morgan fingerprint density at radius 1 is 1.19 bits per heavy atom. The van der Waals surface area contributed by atoms with Crippen molar-refractivity contribution >= 4 is 17.8 Å². The quantitative estimate of drug-likeness (QED) is 0.737. The molecule has 7 heteroatoms. The van der Waals surface area contributed by atoms with E-state index in [1.165, 1.54) is 0 Å². The monoisotopic (exact) mass is 362 g/mol. The van der Waals surface area contributed by atoms with Crippen molar-refractivity contribution in [3.05, 3.63) is 65.8 Å². The highest BCUT2D eigenvalue weighted by Crippen LogP contribution is 2.32. The fourth-order valence-corrected chi connectivity index (χ4v) is 3.17. The van der Waals surface area contributed by atoms with Gasteiger partial charge in [-0.05, 0) is 48.9 Å². The molecule has 0 amide bonds. The standard InChI is InChI=1S/C20H19FN6/c1-12(25-18-7-9-24-20(22)27-18)19-15(17-4-2-3-8-23-17)11-13-10-14(21)5-6-16(13)26-19/h2-9,11-12,14H,10H2,1H3,(H3,22,24,25,27). The van der Waals surface area contributed by atoms with Crippen LogP contribution < -0.4 is 11.1 Å². The van der Waals surface area contributed by atoms with Gasteiger partial charge in [-0.2, -0.15) is 4.98 Å². The molecule has 3 aromatic heterocycles. The Kier molecular flexibility index (Phi) is 4.50. The Hall–Kier alpha value is -3.35. The third-order valence-corrected chi connectivity index (χ3v) is 4.43. The molecular weight excluding hydrogens is 343 g/mol.